The largest absolute Gasteiger partial charge is 0.481 e. The van der Waals surface area contributed by atoms with Crippen molar-refractivity contribution in [1.82, 2.24) is 15.1 Å². The summed E-state index contributed by atoms with van der Waals surface area (Å²) < 4.78 is 25.2. The first-order chi connectivity index (χ1) is 13.6. The first-order valence-electron chi connectivity index (χ1n) is 8.67. The van der Waals surface area contributed by atoms with Crippen molar-refractivity contribution in [3.8, 4) is 5.75 Å². The topological polar surface area (TPSA) is 94.5 Å². The number of carbonyl (C=O) groups is 2. The zero-order chi connectivity index (χ0) is 19.9. The van der Waals surface area contributed by atoms with E-state index in [1.807, 2.05) is 0 Å². The Kier molecular flexibility index (Phi) is 6.88. The summed E-state index contributed by atoms with van der Waals surface area (Å²) in [5.41, 5.74) is 1.74. The van der Waals surface area contributed by atoms with Crippen molar-refractivity contribution in [1.29, 1.82) is 0 Å². The zero-order valence-corrected chi connectivity index (χ0v) is 16.2. The highest BCUT2D eigenvalue weighted by atomic mass is 32.2. The Labute approximate surface area is 165 Å². The molecule has 1 aromatic carbocycles. The molecular formula is C18H21FN4O4S. The summed E-state index contributed by atoms with van der Waals surface area (Å²) in [7, 11) is 1.55. The molecule has 0 unspecified atom stereocenters. The van der Waals surface area contributed by atoms with Crippen LogP contribution in [-0.2, 0) is 32.4 Å². The van der Waals surface area contributed by atoms with Gasteiger partial charge in [-0.2, -0.15) is 16.9 Å². The molecule has 0 saturated carbocycles. The van der Waals surface area contributed by atoms with Crippen LogP contribution in [0.5, 0.6) is 5.75 Å². The van der Waals surface area contributed by atoms with E-state index in [-0.39, 0.29) is 24.8 Å². The second-order valence-electron chi connectivity index (χ2n) is 6.03. The standard InChI is InChI=1S/C18H21FN4O4S/c1-26-7-6-20-16(24)8-23-18(12-10-28-11-14(12)22-23)21-17(25)9-27-15-5-3-2-4-13(15)19/h2-5H,6-11H2,1H3,(H,20,24)(H,21,25). The lowest BCUT2D eigenvalue weighted by Crippen LogP contribution is -2.31. The number of halogens is 1. The summed E-state index contributed by atoms with van der Waals surface area (Å²) in [6.07, 6.45) is 0. The van der Waals surface area contributed by atoms with E-state index in [1.165, 1.54) is 16.8 Å². The van der Waals surface area contributed by atoms with Crippen LogP contribution in [0.1, 0.15) is 11.3 Å². The number of anilines is 1. The summed E-state index contributed by atoms with van der Waals surface area (Å²) in [5, 5.41) is 9.90. The third-order valence-corrected chi connectivity index (χ3v) is 4.96. The van der Waals surface area contributed by atoms with Crippen LogP contribution in [0.25, 0.3) is 0 Å². The van der Waals surface area contributed by atoms with E-state index in [9.17, 15) is 14.0 Å². The minimum Gasteiger partial charge on any atom is -0.481 e. The van der Waals surface area contributed by atoms with E-state index in [4.69, 9.17) is 9.47 Å². The van der Waals surface area contributed by atoms with Gasteiger partial charge in [0, 0.05) is 30.7 Å². The highest BCUT2D eigenvalue weighted by molar-refractivity contribution is 7.98. The molecule has 0 bridgehead atoms. The molecule has 2 heterocycles. The molecule has 10 heteroatoms. The van der Waals surface area contributed by atoms with Gasteiger partial charge in [0.1, 0.15) is 12.4 Å². The normalized spacial score (nSPS) is 12.5. The Hall–Kier alpha value is -2.59. The van der Waals surface area contributed by atoms with E-state index >= 15 is 0 Å². The lowest BCUT2D eigenvalue weighted by molar-refractivity contribution is -0.122. The SMILES string of the molecule is COCCNC(=O)Cn1nc2c(c1NC(=O)COc1ccccc1F)CSC2. The van der Waals surface area contributed by atoms with Crippen LogP contribution < -0.4 is 15.4 Å². The van der Waals surface area contributed by atoms with Gasteiger partial charge in [-0.3, -0.25) is 9.59 Å². The van der Waals surface area contributed by atoms with Crippen LogP contribution in [0.15, 0.2) is 24.3 Å². The quantitative estimate of drug-likeness (QED) is 0.612. The summed E-state index contributed by atoms with van der Waals surface area (Å²) in [4.78, 5) is 24.4. The van der Waals surface area contributed by atoms with Gasteiger partial charge in [-0.05, 0) is 12.1 Å². The molecule has 8 nitrogen and oxygen atoms in total. The molecular weight excluding hydrogens is 387 g/mol. The maximum atomic E-state index is 13.6. The van der Waals surface area contributed by atoms with Crippen LogP contribution in [0.4, 0.5) is 10.2 Å². The summed E-state index contributed by atoms with van der Waals surface area (Å²) in [6.45, 7) is 0.429. The lowest BCUT2D eigenvalue weighted by Gasteiger charge is -2.12. The van der Waals surface area contributed by atoms with Crippen molar-refractivity contribution in [2.75, 3.05) is 32.2 Å². The number of amides is 2. The summed E-state index contributed by atoms with van der Waals surface area (Å²) in [5.74, 6) is 0.679. The number of nitrogens with one attached hydrogen (secondary N) is 2. The molecule has 1 aliphatic heterocycles. The van der Waals surface area contributed by atoms with Crippen molar-refractivity contribution in [2.45, 2.75) is 18.1 Å². The molecule has 150 valence electrons. The van der Waals surface area contributed by atoms with E-state index in [2.05, 4.69) is 15.7 Å². The first-order valence-corrected chi connectivity index (χ1v) is 9.83. The van der Waals surface area contributed by atoms with E-state index in [0.717, 1.165) is 17.0 Å². The number of hydrogen-bond donors (Lipinski definition) is 2. The number of carbonyl (C=O) groups excluding carboxylic acids is 2. The average Bonchev–Trinajstić information content (AvgIpc) is 3.24. The molecule has 0 spiro atoms. The van der Waals surface area contributed by atoms with Gasteiger partial charge in [-0.15, -0.1) is 0 Å². The van der Waals surface area contributed by atoms with Gasteiger partial charge in [-0.1, -0.05) is 12.1 Å². The van der Waals surface area contributed by atoms with Crippen molar-refractivity contribution >= 4 is 29.4 Å². The van der Waals surface area contributed by atoms with Crippen molar-refractivity contribution in [3.05, 3.63) is 41.3 Å². The Morgan fingerprint density at radius 3 is 2.89 bits per heavy atom. The molecule has 0 atom stereocenters. The number of hydrogen-bond acceptors (Lipinski definition) is 6. The second-order valence-corrected chi connectivity index (χ2v) is 7.02. The summed E-state index contributed by atoms with van der Waals surface area (Å²) >= 11 is 1.68. The van der Waals surface area contributed by atoms with Crippen LogP contribution in [-0.4, -0.2) is 48.5 Å². The number of aromatic nitrogens is 2. The van der Waals surface area contributed by atoms with Crippen molar-refractivity contribution in [2.24, 2.45) is 0 Å². The molecule has 2 N–H and O–H groups in total. The molecule has 0 aliphatic carbocycles. The molecule has 1 aromatic heterocycles. The zero-order valence-electron chi connectivity index (χ0n) is 15.4. The van der Waals surface area contributed by atoms with Crippen LogP contribution in [0.2, 0.25) is 0 Å². The predicted octanol–water partition coefficient (Wildman–Crippen LogP) is 1.55. The minimum absolute atomic E-state index is 0.00413. The Bertz CT molecular complexity index is 858. The number of nitrogens with zero attached hydrogens (tertiary/aromatic N) is 2. The average molecular weight is 408 g/mol. The van der Waals surface area contributed by atoms with Gasteiger partial charge < -0.3 is 20.1 Å². The third kappa shape index (κ3) is 5.02. The number of fused-ring (bicyclic) bond motifs is 1. The van der Waals surface area contributed by atoms with Gasteiger partial charge in [-0.25, -0.2) is 9.07 Å². The molecule has 0 radical (unpaired) electrons. The van der Waals surface area contributed by atoms with Gasteiger partial charge >= 0.3 is 0 Å². The molecule has 0 fully saturated rings. The number of rotatable bonds is 9. The third-order valence-electron chi connectivity index (χ3n) is 3.99. The molecule has 1 aliphatic rings. The Morgan fingerprint density at radius 1 is 1.29 bits per heavy atom. The predicted molar refractivity (Wildman–Crippen MR) is 103 cm³/mol. The highest BCUT2D eigenvalue weighted by Crippen LogP contribution is 2.34. The van der Waals surface area contributed by atoms with E-state index in [1.54, 1.807) is 31.0 Å². The monoisotopic (exact) mass is 408 g/mol. The second kappa shape index (κ2) is 9.56. The smallest absolute Gasteiger partial charge is 0.263 e. The van der Waals surface area contributed by atoms with Crippen LogP contribution in [0.3, 0.4) is 0 Å². The maximum Gasteiger partial charge on any atom is 0.263 e. The van der Waals surface area contributed by atoms with Crippen LogP contribution in [0, 0.1) is 5.82 Å². The van der Waals surface area contributed by atoms with Crippen molar-refractivity contribution < 1.29 is 23.5 Å². The van der Waals surface area contributed by atoms with Crippen molar-refractivity contribution in [3.63, 3.8) is 0 Å². The first kappa shape index (κ1) is 20.2. The maximum absolute atomic E-state index is 13.6. The molecule has 2 aromatic rings. The Morgan fingerprint density at radius 2 is 2.11 bits per heavy atom. The lowest BCUT2D eigenvalue weighted by atomic mass is 10.3. The molecule has 0 saturated heterocycles. The fourth-order valence-electron chi connectivity index (χ4n) is 2.68. The Balaban J connectivity index is 1.64. The number of para-hydroxylation sites is 1. The van der Waals surface area contributed by atoms with Gasteiger partial charge in [0.15, 0.2) is 18.2 Å². The molecule has 3 rings (SSSR count). The fourth-order valence-corrected chi connectivity index (χ4v) is 3.71. The molecule has 2 amide bonds. The highest BCUT2D eigenvalue weighted by Gasteiger charge is 2.25. The number of ether oxygens (including phenoxy) is 2. The number of benzene rings is 1. The van der Waals surface area contributed by atoms with Gasteiger partial charge in [0.2, 0.25) is 5.91 Å². The van der Waals surface area contributed by atoms with Gasteiger partial charge in [0.05, 0.1) is 12.3 Å². The van der Waals surface area contributed by atoms with E-state index < -0.39 is 11.7 Å². The van der Waals surface area contributed by atoms with E-state index in [0.29, 0.717) is 24.7 Å². The fraction of sp³-hybridized carbons (Fsp3) is 0.389. The molecule has 28 heavy (non-hydrogen) atoms. The minimum atomic E-state index is -0.537. The van der Waals surface area contributed by atoms with Gasteiger partial charge in [0.25, 0.3) is 5.91 Å². The van der Waals surface area contributed by atoms with Crippen LogP contribution >= 0.6 is 11.8 Å². The number of thioether (sulfide) groups is 1. The number of methoxy groups -OCH3 is 1. The summed E-state index contributed by atoms with van der Waals surface area (Å²) in [6, 6.07) is 5.87.